The van der Waals surface area contributed by atoms with Crippen LogP contribution in [0, 0.1) is 0 Å². The molecule has 6 nitrogen and oxygen atoms in total. The predicted octanol–water partition coefficient (Wildman–Crippen LogP) is 4.27. The van der Waals surface area contributed by atoms with Gasteiger partial charge in [-0.3, -0.25) is 9.59 Å². The number of amides is 2. The number of methoxy groups -OCH3 is 1. The number of nitrogens with two attached hydrogens (primary N) is 1. The van der Waals surface area contributed by atoms with E-state index in [9.17, 15) is 9.59 Å². The van der Waals surface area contributed by atoms with Gasteiger partial charge in [0.25, 0.3) is 5.91 Å². The Morgan fingerprint density at radius 1 is 1.03 bits per heavy atom. The lowest BCUT2D eigenvalue weighted by Crippen LogP contribution is -2.45. The highest BCUT2D eigenvalue weighted by atomic mass is 16.5. The van der Waals surface area contributed by atoms with Crippen molar-refractivity contribution < 1.29 is 14.3 Å². The summed E-state index contributed by atoms with van der Waals surface area (Å²) < 4.78 is 7.62. The largest absolute Gasteiger partial charge is 0.497 e. The van der Waals surface area contributed by atoms with Crippen LogP contribution in [0.5, 0.6) is 5.75 Å². The molecule has 0 saturated carbocycles. The van der Waals surface area contributed by atoms with Crippen LogP contribution in [0.3, 0.4) is 0 Å². The summed E-state index contributed by atoms with van der Waals surface area (Å²) in [7, 11) is 3.66. The Balaban J connectivity index is 1.87. The number of carbonyl (C=O) groups excluding carboxylic acids is 2. The molecule has 1 aliphatic rings. The van der Waals surface area contributed by atoms with Crippen molar-refractivity contribution >= 4 is 22.7 Å². The zero-order valence-electron chi connectivity index (χ0n) is 18.8. The zero-order valence-corrected chi connectivity index (χ0v) is 18.8. The minimum absolute atomic E-state index is 0.188. The maximum Gasteiger partial charge on any atom is 0.255 e. The normalized spacial score (nSPS) is 16.2. The van der Waals surface area contributed by atoms with E-state index < -0.39 is 18.0 Å². The van der Waals surface area contributed by atoms with Crippen molar-refractivity contribution in [2.75, 3.05) is 7.11 Å². The van der Waals surface area contributed by atoms with Crippen molar-refractivity contribution in [2.24, 2.45) is 12.8 Å². The molecule has 2 unspecified atom stereocenters. The Bertz CT molecular complexity index is 1410. The van der Waals surface area contributed by atoms with Crippen molar-refractivity contribution in [2.45, 2.75) is 19.0 Å². The van der Waals surface area contributed by atoms with Crippen LogP contribution >= 0.6 is 0 Å². The van der Waals surface area contributed by atoms with E-state index in [1.165, 1.54) is 0 Å². The van der Waals surface area contributed by atoms with Gasteiger partial charge in [0.1, 0.15) is 11.8 Å². The molecule has 33 heavy (non-hydrogen) atoms. The molecule has 1 aliphatic heterocycles. The minimum atomic E-state index is -0.771. The van der Waals surface area contributed by atoms with Gasteiger partial charge in [0.2, 0.25) is 5.91 Å². The first-order valence-corrected chi connectivity index (χ1v) is 10.9. The molecular formula is C27H25N3O3. The number of aromatic nitrogens is 1. The van der Waals surface area contributed by atoms with Gasteiger partial charge in [0.05, 0.1) is 18.8 Å². The summed E-state index contributed by atoms with van der Waals surface area (Å²) in [5.74, 6) is 0.0183. The number of hydrogen-bond acceptors (Lipinski definition) is 3. The maximum atomic E-state index is 13.5. The lowest BCUT2D eigenvalue weighted by molar-refractivity contribution is -0.122. The molecule has 4 aromatic rings. The maximum absolute atomic E-state index is 13.5. The second kappa shape index (κ2) is 7.81. The van der Waals surface area contributed by atoms with Crippen molar-refractivity contribution in [3.05, 3.63) is 89.5 Å². The summed E-state index contributed by atoms with van der Waals surface area (Å²) in [5.41, 5.74) is 11.1. The third-order valence-corrected chi connectivity index (χ3v) is 6.59. The van der Waals surface area contributed by atoms with E-state index in [2.05, 4.69) is 16.7 Å². The van der Waals surface area contributed by atoms with E-state index in [1.807, 2.05) is 67.7 Å². The molecular weight excluding hydrogens is 414 g/mol. The van der Waals surface area contributed by atoms with Crippen LogP contribution in [-0.2, 0) is 11.8 Å². The average Bonchev–Trinajstić information content (AvgIpc) is 3.29. The number of aryl methyl sites for hydroxylation is 1. The van der Waals surface area contributed by atoms with Crippen LogP contribution in [0.15, 0.2) is 72.8 Å². The number of hydrogen-bond donors (Lipinski definition) is 1. The van der Waals surface area contributed by atoms with E-state index in [4.69, 9.17) is 10.5 Å². The van der Waals surface area contributed by atoms with Crippen molar-refractivity contribution in [1.82, 2.24) is 9.47 Å². The van der Waals surface area contributed by atoms with Gasteiger partial charge in [0.15, 0.2) is 0 Å². The van der Waals surface area contributed by atoms with Crippen LogP contribution in [0.2, 0.25) is 0 Å². The molecule has 2 atom stereocenters. The summed E-state index contributed by atoms with van der Waals surface area (Å²) in [6, 6.07) is 22.3. The Morgan fingerprint density at radius 3 is 2.52 bits per heavy atom. The van der Waals surface area contributed by atoms with E-state index in [0.717, 1.165) is 39.0 Å². The average molecular weight is 440 g/mol. The lowest BCUT2D eigenvalue weighted by atomic mass is 9.92. The van der Waals surface area contributed by atoms with Gasteiger partial charge in [-0.05, 0) is 36.8 Å². The van der Waals surface area contributed by atoms with Gasteiger partial charge < -0.3 is 19.9 Å². The van der Waals surface area contributed by atoms with Crippen molar-refractivity contribution in [3.63, 3.8) is 0 Å². The van der Waals surface area contributed by atoms with Gasteiger partial charge in [-0.15, -0.1) is 0 Å². The summed E-state index contributed by atoms with van der Waals surface area (Å²) in [4.78, 5) is 27.4. The van der Waals surface area contributed by atoms with Gasteiger partial charge in [-0.1, -0.05) is 48.5 Å². The van der Waals surface area contributed by atoms with Crippen LogP contribution in [0.1, 0.15) is 34.5 Å². The number of rotatable bonds is 5. The Kier molecular flexibility index (Phi) is 4.93. The number of ether oxygens (including phenoxy) is 1. The van der Waals surface area contributed by atoms with E-state index in [1.54, 1.807) is 18.9 Å². The van der Waals surface area contributed by atoms with Crippen molar-refractivity contribution in [1.29, 1.82) is 0 Å². The van der Waals surface area contributed by atoms with E-state index >= 15 is 0 Å². The fourth-order valence-corrected chi connectivity index (χ4v) is 4.99. The quantitative estimate of drug-likeness (QED) is 0.504. The number of nitrogens with zero attached hydrogens (tertiary/aromatic N) is 2. The highest BCUT2D eigenvalue weighted by Gasteiger charge is 2.44. The van der Waals surface area contributed by atoms with Crippen LogP contribution in [0.25, 0.3) is 22.2 Å². The van der Waals surface area contributed by atoms with Gasteiger partial charge in [-0.25, -0.2) is 0 Å². The number of benzene rings is 3. The first kappa shape index (κ1) is 20.8. The predicted molar refractivity (Wildman–Crippen MR) is 128 cm³/mol. The third-order valence-electron chi connectivity index (χ3n) is 6.59. The molecule has 2 heterocycles. The van der Waals surface area contributed by atoms with Crippen LogP contribution in [0.4, 0.5) is 0 Å². The molecule has 5 rings (SSSR count). The summed E-state index contributed by atoms with van der Waals surface area (Å²) in [5, 5.41) is 1.02. The molecule has 1 aromatic heterocycles. The molecule has 0 spiro atoms. The third kappa shape index (κ3) is 3.09. The fourth-order valence-electron chi connectivity index (χ4n) is 4.99. The first-order valence-electron chi connectivity index (χ1n) is 10.9. The highest BCUT2D eigenvalue weighted by molar-refractivity contribution is 6.04. The monoisotopic (exact) mass is 439 g/mol. The van der Waals surface area contributed by atoms with E-state index in [0.29, 0.717) is 5.56 Å². The minimum Gasteiger partial charge on any atom is -0.497 e. The number of fused-ring (bicyclic) bond motifs is 2. The summed E-state index contributed by atoms with van der Waals surface area (Å²) in [6.45, 7) is 1.69. The van der Waals surface area contributed by atoms with Gasteiger partial charge >= 0.3 is 0 Å². The summed E-state index contributed by atoms with van der Waals surface area (Å²) in [6.07, 6.45) is 0. The number of primary amides is 1. The van der Waals surface area contributed by atoms with E-state index in [-0.39, 0.29) is 5.91 Å². The topological polar surface area (TPSA) is 77.6 Å². The number of carbonyl (C=O) groups is 2. The summed E-state index contributed by atoms with van der Waals surface area (Å²) >= 11 is 0. The molecule has 2 N–H and O–H groups in total. The first-order chi connectivity index (χ1) is 15.9. The molecule has 0 aliphatic carbocycles. The Morgan fingerprint density at radius 2 is 1.76 bits per heavy atom. The van der Waals surface area contributed by atoms with Gasteiger partial charge in [-0.2, -0.15) is 0 Å². The van der Waals surface area contributed by atoms with Crippen molar-refractivity contribution in [3.8, 4) is 17.0 Å². The molecule has 0 radical (unpaired) electrons. The molecule has 0 bridgehead atoms. The second-order valence-corrected chi connectivity index (χ2v) is 8.35. The molecule has 3 aromatic carbocycles. The SMILES string of the molecule is COc1cccc(-c2c(C3c4ccccc4C(=O)N3C(C)C(N)=O)c3ccccc3n2C)c1. The molecule has 166 valence electrons. The molecule has 6 heteroatoms. The van der Waals surface area contributed by atoms with Crippen LogP contribution in [-0.4, -0.2) is 34.4 Å². The highest BCUT2D eigenvalue weighted by Crippen LogP contribution is 2.47. The smallest absolute Gasteiger partial charge is 0.255 e. The fraction of sp³-hybridized carbons (Fsp3) is 0.185. The molecule has 0 saturated heterocycles. The van der Waals surface area contributed by atoms with Gasteiger partial charge in [0, 0.05) is 34.6 Å². The molecule has 2 amide bonds. The Hall–Kier alpha value is -4.06. The number of para-hydroxylation sites is 1. The molecule has 0 fully saturated rings. The zero-order chi connectivity index (χ0) is 23.3. The second-order valence-electron chi connectivity index (χ2n) is 8.35. The standard InChI is InChI=1S/C27H25N3O3/c1-16(26(28)31)30-25(19-11-4-5-12-20(19)27(30)32)23-21-13-6-7-14-22(21)29(2)24(23)17-9-8-10-18(15-17)33-3/h4-16,25H,1-3H3,(H2,28,31). The Labute approximate surface area is 192 Å². The van der Waals surface area contributed by atoms with Crippen LogP contribution < -0.4 is 10.5 Å². The lowest BCUT2D eigenvalue weighted by Gasteiger charge is -2.30.